The minimum Gasteiger partial charge on any atom is -0.480 e. The molecule has 1 aliphatic heterocycles. The molecule has 6 heteroatoms. The maximum atomic E-state index is 13.0. The Labute approximate surface area is 102 Å². The van der Waals surface area contributed by atoms with Crippen LogP contribution >= 0.6 is 0 Å². The van der Waals surface area contributed by atoms with E-state index in [4.69, 9.17) is 5.11 Å². The summed E-state index contributed by atoms with van der Waals surface area (Å²) in [6.45, 7) is 0.655. The van der Waals surface area contributed by atoms with Crippen LogP contribution in [0.3, 0.4) is 0 Å². The van der Waals surface area contributed by atoms with Crippen LogP contribution in [0.15, 0.2) is 12.1 Å². The van der Waals surface area contributed by atoms with Crippen LogP contribution in [0.25, 0.3) is 0 Å². The molecule has 1 aromatic carbocycles. The lowest BCUT2D eigenvalue weighted by molar-refractivity contribution is -0.142. The van der Waals surface area contributed by atoms with Crippen molar-refractivity contribution in [2.45, 2.75) is 25.4 Å². The molecule has 1 aliphatic rings. The third-order valence-corrected chi connectivity index (χ3v) is 3.08. The first-order valence-corrected chi connectivity index (χ1v) is 5.59. The topological polar surface area (TPSA) is 40.5 Å². The number of hydrogen-bond donors (Lipinski definition) is 1. The Kier molecular flexibility index (Phi) is 3.56. The van der Waals surface area contributed by atoms with Gasteiger partial charge in [-0.05, 0) is 37.1 Å². The van der Waals surface area contributed by atoms with Gasteiger partial charge in [0.25, 0.3) is 0 Å². The SMILES string of the molecule is O=C(O)[C@H]1CCCN1Cc1cc(F)c(F)c(F)c1. The second-order valence-corrected chi connectivity index (χ2v) is 4.34. The molecule has 1 saturated heterocycles. The van der Waals surface area contributed by atoms with Gasteiger partial charge in [-0.1, -0.05) is 0 Å². The van der Waals surface area contributed by atoms with Crippen LogP contribution in [0.4, 0.5) is 13.2 Å². The van der Waals surface area contributed by atoms with Crippen molar-refractivity contribution < 1.29 is 23.1 Å². The van der Waals surface area contributed by atoms with Gasteiger partial charge in [-0.3, -0.25) is 9.69 Å². The van der Waals surface area contributed by atoms with E-state index in [1.165, 1.54) is 0 Å². The number of carbonyl (C=O) groups is 1. The highest BCUT2D eigenvalue weighted by Gasteiger charge is 2.30. The Balaban J connectivity index is 2.16. The quantitative estimate of drug-likeness (QED) is 0.845. The zero-order valence-corrected chi connectivity index (χ0v) is 9.50. The Morgan fingerprint density at radius 3 is 2.50 bits per heavy atom. The van der Waals surface area contributed by atoms with E-state index < -0.39 is 29.5 Å². The maximum Gasteiger partial charge on any atom is 0.320 e. The van der Waals surface area contributed by atoms with Gasteiger partial charge in [0, 0.05) is 6.54 Å². The fourth-order valence-electron chi connectivity index (χ4n) is 2.23. The standard InChI is InChI=1S/C12H12F3NO2/c13-8-4-7(5-9(14)11(8)15)6-16-3-1-2-10(16)12(17)18/h4-5,10H,1-3,6H2,(H,17,18)/t10-/m1/s1. The smallest absolute Gasteiger partial charge is 0.320 e. The first kappa shape index (κ1) is 12.9. The predicted molar refractivity (Wildman–Crippen MR) is 57.4 cm³/mol. The van der Waals surface area contributed by atoms with Crippen LogP contribution in [0.1, 0.15) is 18.4 Å². The molecule has 1 atom stereocenters. The molecular formula is C12H12F3NO2. The molecule has 2 rings (SSSR count). The molecule has 0 bridgehead atoms. The molecule has 1 fully saturated rings. The van der Waals surface area contributed by atoms with Crippen molar-refractivity contribution in [3.63, 3.8) is 0 Å². The first-order chi connectivity index (χ1) is 8.49. The van der Waals surface area contributed by atoms with E-state index >= 15 is 0 Å². The molecule has 1 N–H and O–H groups in total. The van der Waals surface area contributed by atoms with Gasteiger partial charge >= 0.3 is 5.97 Å². The molecule has 0 aromatic heterocycles. The lowest BCUT2D eigenvalue weighted by Gasteiger charge is -2.21. The zero-order valence-electron chi connectivity index (χ0n) is 9.50. The van der Waals surface area contributed by atoms with E-state index in [0.29, 0.717) is 13.0 Å². The maximum absolute atomic E-state index is 13.0. The molecule has 0 spiro atoms. The van der Waals surface area contributed by atoms with Gasteiger partial charge in [0.1, 0.15) is 6.04 Å². The summed E-state index contributed by atoms with van der Waals surface area (Å²) in [4.78, 5) is 12.6. The summed E-state index contributed by atoms with van der Waals surface area (Å²) in [6, 6.07) is 1.16. The average molecular weight is 259 g/mol. The summed E-state index contributed by atoms with van der Waals surface area (Å²) in [7, 11) is 0. The third-order valence-electron chi connectivity index (χ3n) is 3.08. The average Bonchev–Trinajstić information content (AvgIpc) is 2.74. The molecule has 1 heterocycles. The van der Waals surface area contributed by atoms with Crippen LogP contribution in [0, 0.1) is 17.5 Å². The molecule has 3 nitrogen and oxygen atoms in total. The number of aliphatic carboxylic acids is 1. The van der Waals surface area contributed by atoms with Crippen molar-refractivity contribution in [1.29, 1.82) is 0 Å². The molecule has 98 valence electrons. The molecule has 0 aliphatic carbocycles. The second kappa shape index (κ2) is 4.97. The van der Waals surface area contributed by atoms with Gasteiger partial charge in [-0.2, -0.15) is 0 Å². The number of carboxylic acids is 1. The highest BCUT2D eigenvalue weighted by Crippen LogP contribution is 2.22. The van der Waals surface area contributed by atoms with Crippen LogP contribution in [0.2, 0.25) is 0 Å². The van der Waals surface area contributed by atoms with Gasteiger partial charge in [-0.25, -0.2) is 13.2 Å². The minimum atomic E-state index is -1.50. The molecular weight excluding hydrogens is 247 g/mol. The van der Waals surface area contributed by atoms with Gasteiger partial charge in [0.05, 0.1) is 0 Å². The summed E-state index contributed by atoms with van der Waals surface area (Å²) < 4.78 is 38.8. The molecule has 0 saturated carbocycles. The van der Waals surface area contributed by atoms with E-state index in [2.05, 4.69) is 0 Å². The minimum absolute atomic E-state index is 0.102. The Hall–Kier alpha value is -1.56. The summed E-state index contributed by atoms with van der Waals surface area (Å²) in [5.41, 5.74) is 0.236. The molecule has 0 unspecified atom stereocenters. The number of hydrogen-bond acceptors (Lipinski definition) is 2. The van der Waals surface area contributed by atoms with Crippen LogP contribution in [-0.4, -0.2) is 28.6 Å². The number of halogens is 3. The summed E-state index contributed by atoms with van der Waals surface area (Å²) >= 11 is 0. The van der Waals surface area contributed by atoms with Gasteiger partial charge < -0.3 is 5.11 Å². The van der Waals surface area contributed by atoms with Crippen molar-refractivity contribution in [2.24, 2.45) is 0 Å². The van der Waals surface area contributed by atoms with Crippen LogP contribution in [0.5, 0.6) is 0 Å². The summed E-state index contributed by atoms with van der Waals surface area (Å²) in [5.74, 6) is -4.96. The van der Waals surface area contributed by atoms with Gasteiger partial charge in [0.2, 0.25) is 0 Å². The summed E-state index contributed by atoms with van der Waals surface area (Å²) in [6.07, 6.45) is 1.24. The fourth-order valence-corrected chi connectivity index (χ4v) is 2.23. The van der Waals surface area contributed by atoms with E-state index in [0.717, 1.165) is 18.6 Å². The van der Waals surface area contributed by atoms with E-state index in [1.807, 2.05) is 0 Å². The zero-order chi connectivity index (χ0) is 13.3. The van der Waals surface area contributed by atoms with E-state index in [9.17, 15) is 18.0 Å². The predicted octanol–water partition coefficient (Wildman–Crippen LogP) is 2.15. The Morgan fingerprint density at radius 2 is 1.94 bits per heavy atom. The Bertz CT molecular complexity index is 455. The molecule has 1 aromatic rings. The highest BCUT2D eigenvalue weighted by atomic mass is 19.2. The number of rotatable bonds is 3. The fraction of sp³-hybridized carbons (Fsp3) is 0.417. The van der Waals surface area contributed by atoms with Crippen molar-refractivity contribution in [1.82, 2.24) is 4.90 Å². The van der Waals surface area contributed by atoms with Gasteiger partial charge in [-0.15, -0.1) is 0 Å². The third kappa shape index (κ3) is 2.48. The van der Waals surface area contributed by atoms with Crippen molar-refractivity contribution in [3.8, 4) is 0 Å². The molecule has 0 radical (unpaired) electrons. The molecule has 18 heavy (non-hydrogen) atoms. The van der Waals surface area contributed by atoms with E-state index in [-0.39, 0.29) is 12.1 Å². The number of benzene rings is 1. The number of carboxylic acid groups (broad SMARTS) is 1. The van der Waals surface area contributed by atoms with Crippen molar-refractivity contribution in [3.05, 3.63) is 35.1 Å². The molecule has 0 amide bonds. The van der Waals surface area contributed by atoms with Crippen LogP contribution < -0.4 is 0 Å². The second-order valence-electron chi connectivity index (χ2n) is 4.34. The van der Waals surface area contributed by atoms with E-state index in [1.54, 1.807) is 4.90 Å². The number of nitrogens with zero attached hydrogens (tertiary/aromatic N) is 1. The highest BCUT2D eigenvalue weighted by molar-refractivity contribution is 5.73. The van der Waals surface area contributed by atoms with Crippen molar-refractivity contribution in [2.75, 3.05) is 6.54 Å². The lowest BCUT2D eigenvalue weighted by atomic mass is 10.1. The van der Waals surface area contributed by atoms with Crippen LogP contribution in [-0.2, 0) is 11.3 Å². The normalized spacial score (nSPS) is 20.3. The largest absolute Gasteiger partial charge is 0.480 e. The summed E-state index contributed by atoms with van der Waals surface area (Å²) in [5, 5.41) is 8.97. The van der Waals surface area contributed by atoms with Gasteiger partial charge in [0.15, 0.2) is 17.5 Å². The Morgan fingerprint density at radius 1 is 1.33 bits per heavy atom. The first-order valence-electron chi connectivity index (χ1n) is 5.59. The number of likely N-dealkylation sites (tertiary alicyclic amines) is 1. The van der Waals surface area contributed by atoms with Crippen molar-refractivity contribution >= 4 is 5.97 Å². The monoisotopic (exact) mass is 259 g/mol. The lowest BCUT2D eigenvalue weighted by Crippen LogP contribution is -2.35.